The van der Waals surface area contributed by atoms with E-state index in [1.807, 2.05) is 36.4 Å². The smallest absolute Gasteiger partial charge is 0.334 e. The van der Waals surface area contributed by atoms with Crippen molar-refractivity contribution in [2.75, 3.05) is 33.7 Å². The number of piperazine rings is 1. The highest BCUT2D eigenvalue weighted by molar-refractivity contribution is 5.94. The van der Waals surface area contributed by atoms with E-state index in [9.17, 15) is 24.3 Å². The molecular formula is C34H38N6O5. The summed E-state index contributed by atoms with van der Waals surface area (Å²) in [7, 11) is 3.36. The van der Waals surface area contributed by atoms with Crippen LogP contribution in [-0.2, 0) is 29.1 Å². The number of hydrogen-bond acceptors (Lipinski definition) is 6. The molecule has 234 valence electrons. The number of carbonyl (C=O) groups excluding carboxylic acids is 4. The third-order valence-corrected chi connectivity index (χ3v) is 7.98. The number of nitrogens with one attached hydrogen (secondary N) is 1. The van der Waals surface area contributed by atoms with Crippen molar-refractivity contribution in [3.8, 4) is 5.75 Å². The van der Waals surface area contributed by atoms with Crippen LogP contribution in [0.15, 0.2) is 91.5 Å². The lowest BCUT2D eigenvalue weighted by molar-refractivity contribution is -0.189. The Morgan fingerprint density at radius 1 is 0.978 bits per heavy atom. The summed E-state index contributed by atoms with van der Waals surface area (Å²) in [6.45, 7) is 4.50. The molecule has 2 aliphatic rings. The molecule has 2 heterocycles. The van der Waals surface area contributed by atoms with E-state index >= 15 is 0 Å². The SMILES string of the molecule is C=CCN1CC(=O)N2C(Cc3ccc(O)cc3)C(=O)N(Cc3cccc(C(=O)N(C)C)c3)CC2N1C(=O)NCc1ccccc1. The third-order valence-electron chi connectivity index (χ3n) is 7.98. The van der Waals surface area contributed by atoms with Crippen molar-refractivity contribution in [3.05, 3.63) is 114 Å². The predicted molar refractivity (Wildman–Crippen MR) is 168 cm³/mol. The minimum absolute atomic E-state index is 0.0644. The fraction of sp³-hybridized carbons (Fsp3) is 0.294. The van der Waals surface area contributed by atoms with Crippen molar-refractivity contribution in [2.24, 2.45) is 0 Å². The molecule has 11 nitrogen and oxygen atoms in total. The average Bonchev–Trinajstić information content (AvgIpc) is 3.03. The standard InChI is InChI=1S/C34H38N6O5/c1-4-17-38-23-31(42)39-29(19-24-13-15-28(41)16-14-24)33(44)37(21-26-11-8-12-27(18-26)32(43)36(2)3)22-30(39)40(38)34(45)35-20-25-9-6-5-7-10-25/h4-16,18,29-30,41H,1,17,19-23H2,2-3H3,(H,35,45). The summed E-state index contributed by atoms with van der Waals surface area (Å²) in [4.78, 5) is 59.1. The van der Waals surface area contributed by atoms with Gasteiger partial charge in [-0.25, -0.2) is 14.8 Å². The summed E-state index contributed by atoms with van der Waals surface area (Å²) in [6.07, 6.45) is 1.03. The van der Waals surface area contributed by atoms with Gasteiger partial charge >= 0.3 is 6.03 Å². The number of urea groups is 1. The lowest BCUT2D eigenvalue weighted by Crippen LogP contribution is -2.76. The Hall–Kier alpha value is -5.16. The molecule has 0 aromatic heterocycles. The first-order valence-corrected chi connectivity index (χ1v) is 14.8. The molecule has 2 saturated heterocycles. The van der Waals surface area contributed by atoms with Crippen LogP contribution in [0, 0.1) is 0 Å². The number of phenols is 1. The number of hydrogen-bond donors (Lipinski definition) is 2. The summed E-state index contributed by atoms with van der Waals surface area (Å²) in [5, 5.41) is 16.0. The summed E-state index contributed by atoms with van der Waals surface area (Å²) < 4.78 is 0. The maximum Gasteiger partial charge on any atom is 0.334 e. The molecule has 2 unspecified atom stereocenters. The first-order chi connectivity index (χ1) is 21.7. The zero-order valence-corrected chi connectivity index (χ0v) is 25.5. The molecular weight excluding hydrogens is 572 g/mol. The van der Waals surface area contributed by atoms with Crippen molar-refractivity contribution in [2.45, 2.75) is 31.7 Å². The Morgan fingerprint density at radius 2 is 1.69 bits per heavy atom. The van der Waals surface area contributed by atoms with Crippen molar-refractivity contribution < 1.29 is 24.3 Å². The molecule has 0 bridgehead atoms. The number of amides is 5. The molecule has 0 aliphatic carbocycles. The molecule has 2 aliphatic heterocycles. The Morgan fingerprint density at radius 3 is 2.38 bits per heavy atom. The van der Waals surface area contributed by atoms with Crippen LogP contribution < -0.4 is 5.32 Å². The van der Waals surface area contributed by atoms with E-state index in [0.717, 1.165) is 16.7 Å². The van der Waals surface area contributed by atoms with Crippen LogP contribution >= 0.6 is 0 Å². The molecule has 5 amide bonds. The van der Waals surface area contributed by atoms with Gasteiger partial charge in [0.2, 0.25) is 11.8 Å². The van der Waals surface area contributed by atoms with Gasteiger partial charge in [0, 0.05) is 45.7 Å². The molecule has 45 heavy (non-hydrogen) atoms. The van der Waals surface area contributed by atoms with Crippen LogP contribution in [0.4, 0.5) is 4.79 Å². The van der Waals surface area contributed by atoms with Crippen molar-refractivity contribution in [1.82, 2.24) is 30.0 Å². The highest BCUT2D eigenvalue weighted by Crippen LogP contribution is 2.30. The number of phenolic OH excluding ortho intramolecular Hbond substituents is 1. The summed E-state index contributed by atoms with van der Waals surface area (Å²) in [5.41, 5.74) is 2.92. The molecule has 3 aromatic carbocycles. The summed E-state index contributed by atoms with van der Waals surface area (Å²) in [6, 6.07) is 21.8. The number of hydrazine groups is 1. The van der Waals surface area contributed by atoms with Gasteiger partial charge in [0.15, 0.2) is 0 Å². The number of carbonyl (C=O) groups is 4. The molecule has 0 spiro atoms. The van der Waals surface area contributed by atoms with E-state index in [1.165, 1.54) is 26.9 Å². The molecule has 0 saturated carbocycles. The van der Waals surface area contributed by atoms with Gasteiger partial charge in [0.25, 0.3) is 5.91 Å². The first-order valence-electron chi connectivity index (χ1n) is 14.8. The molecule has 11 heteroatoms. The van der Waals surface area contributed by atoms with Gasteiger partial charge in [0.05, 0.1) is 13.1 Å². The normalized spacial score (nSPS) is 18.4. The molecule has 2 atom stereocenters. The largest absolute Gasteiger partial charge is 0.508 e. The van der Waals surface area contributed by atoms with Gasteiger partial charge < -0.3 is 25.1 Å². The van der Waals surface area contributed by atoms with Gasteiger partial charge in [-0.05, 0) is 41.0 Å². The minimum Gasteiger partial charge on any atom is -0.508 e. The summed E-state index contributed by atoms with van der Waals surface area (Å²) >= 11 is 0. The topological polar surface area (TPSA) is 117 Å². The molecule has 5 rings (SSSR count). The quantitative estimate of drug-likeness (QED) is 0.360. The number of rotatable bonds is 9. The number of benzene rings is 3. The lowest BCUT2D eigenvalue weighted by atomic mass is 9.98. The van der Waals surface area contributed by atoms with Crippen LogP contribution in [0.1, 0.15) is 27.0 Å². The zero-order valence-electron chi connectivity index (χ0n) is 25.5. The van der Waals surface area contributed by atoms with E-state index in [-0.39, 0.29) is 62.6 Å². The second-order valence-electron chi connectivity index (χ2n) is 11.4. The molecule has 0 radical (unpaired) electrons. The van der Waals surface area contributed by atoms with Crippen LogP contribution in [0.5, 0.6) is 5.75 Å². The fourth-order valence-electron chi connectivity index (χ4n) is 5.83. The number of nitrogens with zero attached hydrogens (tertiary/aromatic N) is 5. The number of aromatic hydroxyl groups is 1. The highest BCUT2D eigenvalue weighted by atomic mass is 16.3. The van der Waals surface area contributed by atoms with Crippen LogP contribution in [0.2, 0.25) is 0 Å². The van der Waals surface area contributed by atoms with Gasteiger partial charge in [-0.15, -0.1) is 6.58 Å². The Balaban J connectivity index is 1.50. The van der Waals surface area contributed by atoms with E-state index in [2.05, 4.69) is 11.9 Å². The molecule has 3 aromatic rings. The first kappa shape index (κ1) is 31.3. The van der Waals surface area contributed by atoms with Gasteiger partial charge in [-0.3, -0.25) is 14.4 Å². The predicted octanol–water partition coefficient (Wildman–Crippen LogP) is 2.83. The molecule has 2 fully saturated rings. The summed E-state index contributed by atoms with van der Waals surface area (Å²) in [5.74, 6) is -0.601. The van der Waals surface area contributed by atoms with Crippen LogP contribution in [-0.4, -0.2) is 99.5 Å². The fourth-order valence-corrected chi connectivity index (χ4v) is 5.83. The van der Waals surface area contributed by atoms with E-state index < -0.39 is 18.2 Å². The van der Waals surface area contributed by atoms with Gasteiger partial charge in [-0.2, -0.15) is 0 Å². The second kappa shape index (κ2) is 13.6. The van der Waals surface area contributed by atoms with Gasteiger partial charge in [-0.1, -0.05) is 60.7 Å². The Labute approximate surface area is 262 Å². The molecule has 2 N–H and O–H groups in total. The maximum absolute atomic E-state index is 14.2. The Bertz CT molecular complexity index is 1560. The van der Waals surface area contributed by atoms with E-state index in [1.54, 1.807) is 60.4 Å². The third kappa shape index (κ3) is 6.99. The average molecular weight is 611 g/mol. The second-order valence-corrected chi connectivity index (χ2v) is 11.4. The zero-order chi connectivity index (χ0) is 32.1. The van der Waals surface area contributed by atoms with E-state index in [0.29, 0.717) is 5.56 Å². The van der Waals surface area contributed by atoms with Gasteiger partial charge in [0.1, 0.15) is 18.0 Å². The van der Waals surface area contributed by atoms with Crippen molar-refractivity contribution >= 4 is 23.8 Å². The Kier molecular flexibility index (Phi) is 9.48. The highest BCUT2D eigenvalue weighted by Gasteiger charge is 2.51. The minimum atomic E-state index is -0.900. The number of fused-ring (bicyclic) bond motifs is 1. The van der Waals surface area contributed by atoms with Crippen LogP contribution in [0.25, 0.3) is 0 Å². The monoisotopic (exact) mass is 610 g/mol. The van der Waals surface area contributed by atoms with Crippen LogP contribution in [0.3, 0.4) is 0 Å². The maximum atomic E-state index is 14.2. The van der Waals surface area contributed by atoms with Crippen molar-refractivity contribution in [1.29, 1.82) is 0 Å². The van der Waals surface area contributed by atoms with E-state index in [4.69, 9.17) is 0 Å². The van der Waals surface area contributed by atoms with Crippen molar-refractivity contribution in [3.63, 3.8) is 0 Å². The lowest BCUT2D eigenvalue weighted by Gasteiger charge is -2.55.